The van der Waals surface area contributed by atoms with Crippen molar-refractivity contribution >= 4 is 11.4 Å². The van der Waals surface area contributed by atoms with Crippen molar-refractivity contribution in [1.82, 2.24) is 0 Å². The average molecular weight is 675 g/mol. The summed E-state index contributed by atoms with van der Waals surface area (Å²) in [6, 6.07) is 9.53. The van der Waals surface area contributed by atoms with E-state index in [0.717, 1.165) is 61.9 Å². The largest absolute Gasteiger partial charge is 0.493 e. The summed E-state index contributed by atoms with van der Waals surface area (Å²) in [4.78, 5) is 0. The molecule has 0 aromatic heterocycles. The number of allylic oxidation sites excluding steroid dienone is 2. The molecule has 0 aliphatic carbocycles. The molecule has 0 spiro atoms. The maximum Gasteiger partial charge on any atom is 0.210 e. The average Bonchev–Trinajstić information content (AvgIpc) is 3.35. The van der Waals surface area contributed by atoms with E-state index in [1.165, 1.54) is 102 Å². The van der Waals surface area contributed by atoms with Gasteiger partial charge in [-0.3, -0.25) is 0 Å². The number of rotatable bonds is 19. The second-order valence-electron chi connectivity index (χ2n) is 12.4. The Balaban J connectivity index is 0.00000645. The van der Waals surface area contributed by atoms with Crippen molar-refractivity contribution in [3.63, 3.8) is 0 Å². The molecule has 1 aliphatic rings. The van der Waals surface area contributed by atoms with Crippen LogP contribution in [0.1, 0.15) is 164 Å². The van der Waals surface area contributed by atoms with Crippen molar-refractivity contribution in [2.75, 3.05) is 0 Å². The zero-order valence-electron chi connectivity index (χ0n) is 28.6. The van der Waals surface area contributed by atoms with Crippen LogP contribution < -0.4 is 0 Å². The summed E-state index contributed by atoms with van der Waals surface area (Å²) in [5.41, 5.74) is 26.4. The third kappa shape index (κ3) is 9.58. The van der Waals surface area contributed by atoms with Crippen LogP contribution in [-0.2, 0) is 58.9 Å². The Hall–Kier alpha value is -1.82. The van der Waals surface area contributed by atoms with E-state index in [2.05, 4.69) is 78.8 Å². The number of benzene rings is 2. The van der Waals surface area contributed by atoms with Gasteiger partial charge in [0.2, 0.25) is 11.4 Å². The van der Waals surface area contributed by atoms with Crippen LogP contribution in [0.5, 0.6) is 0 Å². The first-order valence-corrected chi connectivity index (χ1v) is 17.7. The molecule has 1 heterocycles. The van der Waals surface area contributed by atoms with Gasteiger partial charge in [0.15, 0.2) is 0 Å². The van der Waals surface area contributed by atoms with Crippen LogP contribution in [0.3, 0.4) is 0 Å². The van der Waals surface area contributed by atoms with Crippen LogP contribution >= 0.6 is 0 Å². The molecule has 0 saturated carbocycles. The van der Waals surface area contributed by atoms with E-state index in [1.54, 1.807) is 11.1 Å². The molecule has 0 amide bonds. The van der Waals surface area contributed by atoms with E-state index < -0.39 is 0 Å². The van der Waals surface area contributed by atoms with Crippen molar-refractivity contribution in [3.05, 3.63) is 86.0 Å². The Kier molecular flexibility index (Phi) is 17.0. The normalized spacial score (nSPS) is 13.1. The number of unbranched alkanes of at least 4 members (excludes halogenated alkanes) is 7. The second kappa shape index (κ2) is 19.5. The maximum absolute atomic E-state index is 11.9. The molecule has 1 aliphatic heterocycles. The molecule has 2 aromatic rings. The van der Waals surface area contributed by atoms with Crippen LogP contribution in [-0.4, -0.2) is 4.70 Å². The zero-order chi connectivity index (χ0) is 30.5. The minimum atomic E-state index is 0. The van der Waals surface area contributed by atoms with Crippen LogP contribution in [0.4, 0.5) is 0 Å². The molecule has 2 nitrogen and oxygen atoms in total. The van der Waals surface area contributed by atoms with E-state index in [-0.39, 0.29) is 20.4 Å². The third-order valence-corrected chi connectivity index (χ3v) is 9.38. The van der Waals surface area contributed by atoms with Gasteiger partial charge in [0.1, 0.15) is 0 Å². The molecule has 3 rings (SSSR count). The van der Waals surface area contributed by atoms with Crippen molar-refractivity contribution in [2.24, 2.45) is 0 Å². The van der Waals surface area contributed by atoms with Crippen molar-refractivity contribution in [1.29, 1.82) is 0 Å². The summed E-state index contributed by atoms with van der Waals surface area (Å²) in [5.74, 6) is 0. The fraction of sp³-hybridized carbons (Fsp3) is 0.600. The van der Waals surface area contributed by atoms with Gasteiger partial charge in [0, 0.05) is 43.2 Å². The molecule has 0 saturated heterocycles. The second-order valence-corrected chi connectivity index (χ2v) is 12.4. The summed E-state index contributed by atoms with van der Waals surface area (Å²) < 4.78 is 1.54. The summed E-state index contributed by atoms with van der Waals surface area (Å²) in [6.45, 7) is 16.0. The maximum atomic E-state index is 11.9. The fourth-order valence-electron chi connectivity index (χ4n) is 6.86. The summed E-state index contributed by atoms with van der Waals surface area (Å²) in [5, 5.41) is 0. The molecular weight excluding hydrogens is 615 g/mol. The number of hydrogen-bond acceptors (Lipinski definition) is 0. The fourth-order valence-corrected chi connectivity index (χ4v) is 6.86. The Morgan fingerprint density at radius 2 is 0.930 bits per heavy atom. The van der Waals surface area contributed by atoms with Gasteiger partial charge in [0.25, 0.3) is 0 Å². The van der Waals surface area contributed by atoms with Gasteiger partial charge in [-0.1, -0.05) is 93.4 Å². The van der Waals surface area contributed by atoms with E-state index in [9.17, 15) is 5.53 Å². The Morgan fingerprint density at radius 1 is 0.512 bits per heavy atom. The van der Waals surface area contributed by atoms with E-state index in [1.807, 2.05) is 0 Å². The third-order valence-electron chi connectivity index (χ3n) is 9.38. The summed E-state index contributed by atoms with van der Waals surface area (Å²) in [6.07, 6.45) is 22.4. The first-order valence-electron chi connectivity index (χ1n) is 17.7. The molecule has 0 bridgehead atoms. The van der Waals surface area contributed by atoms with E-state index >= 15 is 0 Å². The smallest absolute Gasteiger partial charge is 0.210 e. The van der Waals surface area contributed by atoms with Gasteiger partial charge < -0.3 is 5.53 Å². The van der Waals surface area contributed by atoms with Gasteiger partial charge in [0.05, 0.1) is 0 Å². The molecule has 3 heteroatoms. The van der Waals surface area contributed by atoms with Crippen LogP contribution in [0.15, 0.2) is 35.9 Å². The number of nitrogens with zero attached hydrogens (tertiary/aromatic N) is 2. The summed E-state index contributed by atoms with van der Waals surface area (Å²) in [7, 11) is 0. The van der Waals surface area contributed by atoms with Crippen molar-refractivity contribution in [3.8, 4) is 0 Å². The van der Waals surface area contributed by atoms with Gasteiger partial charge in [-0.05, 0) is 122 Å². The predicted molar refractivity (Wildman–Crippen MR) is 184 cm³/mol. The molecular formula is C40H60N2Pd. The molecule has 0 radical (unpaired) electrons. The minimum Gasteiger partial charge on any atom is -0.493 e. The summed E-state index contributed by atoms with van der Waals surface area (Å²) >= 11 is 0. The van der Waals surface area contributed by atoms with Gasteiger partial charge in [-0.2, -0.15) is 0 Å². The van der Waals surface area contributed by atoms with Crippen molar-refractivity contribution in [2.45, 2.75) is 158 Å². The molecule has 0 unspecified atom stereocenters. The Morgan fingerprint density at radius 3 is 1.33 bits per heavy atom. The molecule has 0 atom stereocenters. The van der Waals surface area contributed by atoms with E-state index in [0.29, 0.717) is 0 Å². The van der Waals surface area contributed by atoms with Crippen molar-refractivity contribution < 1.29 is 25.1 Å². The van der Waals surface area contributed by atoms with E-state index in [4.69, 9.17) is 0 Å². The molecule has 0 N–H and O–H groups in total. The SMILES string of the molecule is CCCCCCc1c(CC)cc(C2=CC(CCCC)=C(c3cc(CC)c(CCCCCC)c(CC)c3)[N+]2=[N-])cc1CC.[Pd]. The van der Waals surface area contributed by atoms with Crippen LogP contribution in [0.25, 0.3) is 16.9 Å². The molecule has 240 valence electrons. The molecule has 0 fully saturated rings. The monoisotopic (exact) mass is 674 g/mol. The first-order chi connectivity index (χ1) is 20.5. The number of hydrogen-bond donors (Lipinski definition) is 0. The Bertz CT molecular complexity index is 1200. The van der Waals surface area contributed by atoms with Crippen LogP contribution in [0, 0.1) is 0 Å². The zero-order valence-corrected chi connectivity index (χ0v) is 30.2. The Labute approximate surface area is 279 Å². The number of aryl methyl sites for hydroxylation is 4. The van der Waals surface area contributed by atoms with Gasteiger partial charge >= 0.3 is 0 Å². The molecule has 43 heavy (non-hydrogen) atoms. The first kappa shape index (κ1) is 37.4. The van der Waals surface area contributed by atoms with Gasteiger partial charge in [-0.25, -0.2) is 4.70 Å². The molecule has 2 aromatic carbocycles. The quantitative estimate of drug-likeness (QED) is 0.0805. The van der Waals surface area contributed by atoms with Crippen LogP contribution in [0.2, 0.25) is 0 Å². The minimum absolute atomic E-state index is 0. The standard InChI is InChI=1S/C40H60N2.Pd/c1-8-15-18-20-23-37-30(11-4)25-35(26-31(37)12-5)39-29-34(22-17-10-3)40(42(39)41)36-27-32(13-6)38(33(14-7)28-36)24-21-19-16-9-2;/h25-29H,8-24H2,1-7H3;. The predicted octanol–water partition coefficient (Wildman–Crippen LogP) is 12.2. The van der Waals surface area contributed by atoms with Gasteiger partial charge in [-0.15, -0.1) is 0 Å². The topological polar surface area (TPSA) is 25.3 Å².